The molecule has 0 aromatic heterocycles. The maximum atomic E-state index is 11.9. The summed E-state index contributed by atoms with van der Waals surface area (Å²) in [6.45, 7) is 3.93. The molecule has 0 fully saturated rings. The van der Waals surface area contributed by atoms with Crippen molar-refractivity contribution < 1.29 is 8.42 Å². The lowest BCUT2D eigenvalue weighted by Crippen LogP contribution is -2.24. The molecule has 1 aromatic rings. The van der Waals surface area contributed by atoms with Crippen molar-refractivity contribution in [2.75, 3.05) is 25.0 Å². The standard InChI is InChI=1S/C13H23N3O2S/c1-2-10-16-19(17,18)13-7-5-12(6-8-13)15-11-4-3-9-14/h5-8,15-16H,2-4,9-11,14H2,1H3. The van der Waals surface area contributed by atoms with Crippen LogP contribution in [0.25, 0.3) is 0 Å². The Labute approximate surface area is 115 Å². The molecule has 0 bridgehead atoms. The Balaban J connectivity index is 2.56. The normalized spacial score (nSPS) is 11.5. The summed E-state index contributed by atoms with van der Waals surface area (Å²) in [6, 6.07) is 6.79. The van der Waals surface area contributed by atoms with Gasteiger partial charge in [0.1, 0.15) is 0 Å². The zero-order valence-corrected chi connectivity index (χ0v) is 12.2. The van der Waals surface area contributed by atoms with Gasteiger partial charge in [0.25, 0.3) is 0 Å². The van der Waals surface area contributed by atoms with Gasteiger partial charge in [-0.3, -0.25) is 0 Å². The molecular weight excluding hydrogens is 262 g/mol. The quantitative estimate of drug-likeness (QED) is 0.601. The monoisotopic (exact) mass is 285 g/mol. The van der Waals surface area contributed by atoms with Crippen molar-refractivity contribution in [2.24, 2.45) is 5.73 Å². The summed E-state index contributed by atoms with van der Waals surface area (Å²) < 4.78 is 26.3. The molecule has 4 N–H and O–H groups in total. The van der Waals surface area contributed by atoms with Crippen LogP contribution in [0.4, 0.5) is 5.69 Å². The van der Waals surface area contributed by atoms with E-state index in [-0.39, 0.29) is 0 Å². The number of unbranched alkanes of at least 4 members (excludes halogenated alkanes) is 1. The molecule has 0 saturated heterocycles. The summed E-state index contributed by atoms with van der Waals surface area (Å²) in [5, 5.41) is 3.23. The molecule has 0 amide bonds. The van der Waals surface area contributed by atoms with E-state index in [1.807, 2.05) is 6.92 Å². The zero-order valence-electron chi connectivity index (χ0n) is 11.4. The molecule has 0 radical (unpaired) electrons. The van der Waals surface area contributed by atoms with Gasteiger partial charge >= 0.3 is 0 Å². The fraction of sp³-hybridized carbons (Fsp3) is 0.538. The van der Waals surface area contributed by atoms with Crippen LogP contribution in [0.1, 0.15) is 26.2 Å². The van der Waals surface area contributed by atoms with E-state index in [1.54, 1.807) is 24.3 Å². The van der Waals surface area contributed by atoms with Gasteiger partial charge in [-0.25, -0.2) is 13.1 Å². The summed E-state index contributed by atoms with van der Waals surface area (Å²) in [7, 11) is -3.36. The van der Waals surface area contributed by atoms with E-state index in [0.717, 1.165) is 31.5 Å². The predicted octanol–water partition coefficient (Wildman–Crippen LogP) is 1.53. The van der Waals surface area contributed by atoms with Gasteiger partial charge in [-0.05, 0) is 50.1 Å². The van der Waals surface area contributed by atoms with Gasteiger partial charge in [-0.1, -0.05) is 6.92 Å². The number of hydrogen-bond acceptors (Lipinski definition) is 4. The van der Waals surface area contributed by atoms with E-state index in [2.05, 4.69) is 10.0 Å². The molecule has 19 heavy (non-hydrogen) atoms. The van der Waals surface area contributed by atoms with Gasteiger partial charge < -0.3 is 11.1 Å². The molecule has 0 spiro atoms. The molecule has 0 aliphatic rings. The van der Waals surface area contributed by atoms with E-state index in [1.165, 1.54) is 0 Å². The SMILES string of the molecule is CCCNS(=O)(=O)c1ccc(NCCCCN)cc1. The fourth-order valence-corrected chi connectivity index (χ4v) is 2.71. The van der Waals surface area contributed by atoms with Crippen LogP contribution in [0.2, 0.25) is 0 Å². The number of sulfonamides is 1. The highest BCUT2D eigenvalue weighted by Gasteiger charge is 2.12. The van der Waals surface area contributed by atoms with E-state index in [9.17, 15) is 8.42 Å². The van der Waals surface area contributed by atoms with Gasteiger partial charge in [0, 0.05) is 18.8 Å². The topological polar surface area (TPSA) is 84.2 Å². The average molecular weight is 285 g/mol. The van der Waals surface area contributed by atoms with Crippen molar-refractivity contribution in [1.29, 1.82) is 0 Å². The molecule has 0 atom stereocenters. The van der Waals surface area contributed by atoms with Gasteiger partial charge in [-0.15, -0.1) is 0 Å². The van der Waals surface area contributed by atoms with Crippen molar-refractivity contribution in [3.8, 4) is 0 Å². The molecule has 6 heteroatoms. The number of benzene rings is 1. The van der Waals surface area contributed by atoms with Crippen molar-refractivity contribution in [3.63, 3.8) is 0 Å². The minimum atomic E-state index is -3.36. The van der Waals surface area contributed by atoms with Gasteiger partial charge in [0.15, 0.2) is 0 Å². The minimum absolute atomic E-state index is 0.299. The summed E-state index contributed by atoms with van der Waals surface area (Å²) in [4.78, 5) is 0.299. The molecule has 0 aliphatic heterocycles. The number of anilines is 1. The smallest absolute Gasteiger partial charge is 0.240 e. The predicted molar refractivity (Wildman–Crippen MR) is 78.7 cm³/mol. The number of nitrogens with one attached hydrogen (secondary N) is 2. The first-order chi connectivity index (χ1) is 9.10. The Morgan fingerprint density at radius 3 is 2.37 bits per heavy atom. The number of rotatable bonds is 9. The van der Waals surface area contributed by atoms with Crippen LogP contribution in [0.5, 0.6) is 0 Å². The van der Waals surface area contributed by atoms with E-state index < -0.39 is 10.0 Å². The molecule has 0 saturated carbocycles. The van der Waals surface area contributed by atoms with Crippen LogP contribution >= 0.6 is 0 Å². The van der Waals surface area contributed by atoms with Crippen LogP contribution in [-0.4, -0.2) is 28.1 Å². The number of nitrogens with two attached hydrogens (primary N) is 1. The van der Waals surface area contributed by atoms with Crippen molar-refractivity contribution >= 4 is 15.7 Å². The molecule has 5 nitrogen and oxygen atoms in total. The highest BCUT2D eigenvalue weighted by molar-refractivity contribution is 7.89. The van der Waals surface area contributed by atoms with E-state index in [0.29, 0.717) is 18.0 Å². The minimum Gasteiger partial charge on any atom is -0.385 e. The lowest BCUT2D eigenvalue weighted by molar-refractivity contribution is 0.581. The van der Waals surface area contributed by atoms with Crippen molar-refractivity contribution in [3.05, 3.63) is 24.3 Å². The van der Waals surface area contributed by atoms with Crippen LogP contribution in [0.3, 0.4) is 0 Å². The largest absolute Gasteiger partial charge is 0.385 e. The maximum absolute atomic E-state index is 11.9. The first kappa shape index (κ1) is 15.9. The van der Waals surface area contributed by atoms with E-state index in [4.69, 9.17) is 5.73 Å². The van der Waals surface area contributed by atoms with Gasteiger partial charge in [0.05, 0.1) is 4.90 Å². The molecule has 1 rings (SSSR count). The average Bonchev–Trinajstić information content (AvgIpc) is 2.42. The summed E-state index contributed by atoms with van der Waals surface area (Å²) >= 11 is 0. The Kier molecular flexibility index (Phi) is 6.83. The molecule has 1 aromatic carbocycles. The second kappa shape index (κ2) is 8.14. The van der Waals surface area contributed by atoms with Crippen molar-refractivity contribution in [1.82, 2.24) is 4.72 Å². The van der Waals surface area contributed by atoms with Crippen LogP contribution in [-0.2, 0) is 10.0 Å². The Morgan fingerprint density at radius 1 is 1.11 bits per heavy atom. The Bertz CT molecular complexity index is 457. The lowest BCUT2D eigenvalue weighted by Gasteiger charge is -2.08. The molecule has 0 heterocycles. The highest BCUT2D eigenvalue weighted by Crippen LogP contribution is 2.14. The summed E-state index contributed by atoms with van der Waals surface area (Å²) in [5.74, 6) is 0. The Morgan fingerprint density at radius 2 is 1.79 bits per heavy atom. The van der Waals surface area contributed by atoms with Crippen LogP contribution in [0, 0.1) is 0 Å². The molecule has 108 valence electrons. The van der Waals surface area contributed by atoms with Gasteiger partial charge in [0.2, 0.25) is 10.0 Å². The van der Waals surface area contributed by atoms with Crippen molar-refractivity contribution in [2.45, 2.75) is 31.1 Å². The molecule has 0 aliphatic carbocycles. The summed E-state index contributed by atoms with van der Waals surface area (Å²) in [5.41, 5.74) is 6.34. The van der Waals surface area contributed by atoms with Crippen LogP contribution < -0.4 is 15.8 Å². The number of hydrogen-bond donors (Lipinski definition) is 3. The van der Waals surface area contributed by atoms with Gasteiger partial charge in [-0.2, -0.15) is 0 Å². The fourth-order valence-electron chi connectivity index (χ4n) is 1.57. The second-order valence-electron chi connectivity index (χ2n) is 4.34. The molecule has 0 unspecified atom stereocenters. The first-order valence-corrected chi connectivity index (χ1v) is 8.12. The van der Waals surface area contributed by atoms with Crippen LogP contribution in [0.15, 0.2) is 29.2 Å². The third-order valence-electron chi connectivity index (χ3n) is 2.67. The summed E-state index contributed by atoms with van der Waals surface area (Å²) in [6.07, 6.45) is 2.77. The maximum Gasteiger partial charge on any atom is 0.240 e. The Hall–Kier alpha value is -1.11. The molecular formula is C13H23N3O2S. The lowest BCUT2D eigenvalue weighted by atomic mass is 10.3. The highest BCUT2D eigenvalue weighted by atomic mass is 32.2. The van der Waals surface area contributed by atoms with E-state index >= 15 is 0 Å². The third-order valence-corrected chi connectivity index (χ3v) is 4.14. The first-order valence-electron chi connectivity index (χ1n) is 6.64. The second-order valence-corrected chi connectivity index (χ2v) is 6.11. The zero-order chi connectivity index (χ0) is 14.1. The third kappa shape index (κ3) is 5.59.